The number of rotatable bonds is 5. The maximum atomic E-state index is 14.4. The average molecular weight is 472 g/mol. The fourth-order valence-corrected chi connectivity index (χ4v) is 4.63. The minimum atomic E-state index is -0.855. The summed E-state index contributed by atoms with van der Waals surface area (Å²) in [5, 5.41) is 2.59. The smallest absolute Gasteiger partial charge is 0.259 e. The predicted molar refractivity (Wildman–Crippen MR) is 121 cm³/mol. The number of amides is 3. The van der Waals surface area contributed by atoms with Crippen molar-refractivity contribution in [3.63, 3.8) is 0 Å². The van der Waals surface area contributed by atoms with Crippen molar-refractivity contribution in [3.8, 4) is 0 Å². The van der Waals surface area contributed by atoms with Gasteiger partial charge in [0, 0.05) is 32.3 Å². The number of hydrogen-bond acceptors (Lipinski definition) is 4. The molecule has 3 amide bonds. The van der Waals surface area contributed by atoms with Crippen molar-refractivity contribution in [1.82, 2.24) is 15.1 Å². The van der Waals surface area contributed by atoms with Gasteiger partial charge in [0.1, 0.15) is 23.0 Å². The maximum Gasteiger partial charge on any atom is 0.259 e. The van der Waals surface area contributed by atoms with E-state index in [2.05, 4.69) is 5.32 Å². The van der Waals surface area contributed by atoms with E-state index in [-0.39, 0.29) is 29.3 Å². The summed E-state index contributed by atoms with van der Waals surface area (Å²) in [6.07, 6.45) is 6.42. The van der Waals surface area contributed by atoms with Crippen LogP contribution in [0.25, 0.3) is 6.08 Å². The molecule has 1 aromatic carbocycles. The Morgan fingerprint density at radius 3 is 2.47 bits per heavy atom. The van der Waals surface area contributed by atoms with Crippen LogP contribution in [0.4, 0.5) is 8.78 Å². The molecule has 2 aromatic rings. The largest absolute Gasteiger partial charge is 0.465 e. The molecule has 2 fully saturated rings. The Morgan fingerprint density at radius 1 is 1.09 bits per heavy atom. The van der Waals surface area contributed by atoms with Crippen LogP contribution in [-0.2, 0) is 9.59 Å². The van der Waals surface area contributed by atoms with Crippen LogP contribution in [0.3, 0.4) is 0 Å². The third-order valence-electron chi connectivity index (χ3n) is 6.76. The van der Waals surface area contributed by atoms with E-state index in [4.69, 9.17) is 4.42 Å². The van der Waals surface area contributed by atoms with E-state index in [0.717, 1.165) is 12.5 Å². The van der Waals surface area contributed by atoms with Gasteiger partial charge in [-0.25, -0.2) is 8.78 Å². The molecule has 2 aliphatic rings. The van der Waals surface area contributed by atoms with Gasteiger partial charge >= 0.3 is 0 Å². The first kappa shape index (κ1) is 23.7. The number of piperidine rings is 1. The van der Waals surface area contributed by atoms with E-state index in [1.165, 1.54) is 36.3 Å². The number of benzene rings is 1. The van der Waals surface area contributed by atoms with Crippen molar-refractivity contribution < 1.29 is 27.6 Å². The van der Waals surface area contributed by atoms with E-state index in [0.29, 0.717) is 44.8 Å². The number of furan rings is 1. The van der Waals surface area contributed by atoms with E-state index in [1.807, 2.05) is 0 Å². The van der Waals surface area contributed by atoms with Crippen LogP contribution < -0.4 is 5.32 Å². The molecular formula is C25H27F2N3O4. The molecule has 9 heteroatoms. The minimum Gasteiger partial charge on any atom is -0.465 e. The molecule has 2 saturated heterocycles. The second-order valence-corrected chi connectivity index (χ2v) is 8.98. The lowest BCUT2D eigenvalue weighted by molar-refractivity contribution is -0.131. The molecule has 180 valence electrons. The van der Waals surface area contributed by atoms with E-state index in [9.17, 15) is 23.2 Å². The van der Waals surface area contributed by atoms with Crippen molar-refractivity contribution in [2.45, 2.75) is 26.2 Å². The van der Waals surface area contributed by atoms with Crippen molar-refractivity contribution in [1.29, 1.82) is 0 Å². The molecule has 1 spiro atoms. The van der Waals surface area contributed by atoms with Crippen molar-refractivity contribution in [2.75, 3.05) is 32.7 Å². The number of carbonyl (C=O) groups excluding carboxylic acids is 3. The summed E-state index contributed by atoms with van der Waals surface area (Å²) in [6.45, 7) is 3.27. The minimum absolute atomic E-state index is 0.103. The number of carbonyl (C=O) groups is 3. The van der Waals surface area contributed by atoms with E-state index >= 15 is 0 Å². The zero-order valence-corrected chi connectivity index (χ0v) is 19.0. The third-order valence-corrected chi connectivity index (χ3v) is 6.76. The van der Waals surface area contributed by atoms with Gasteiger partial charge in [0.05, 0.1) is 12.8 Å². The summed E-state index contributed by atoms with van der Waals surface area (Å²) in [6, 6.07) is 5.85. The Morgan fingerprint density at radius 2 is 1.79 bits per heavy atom. The number of nitrogens with zero attached hydrogens (tertiary/aromatic N) is 2. The molecule has 1 N–H and O–H groups in total. The average Bonchev–Trinajstić information content (AvgIpc) is 3.50. The van der Waals surface area contributed by atoms with Gasteiger partial charge in [0.15, 0.2) is 0 Å². The summed E-state index contributed by atoms with van der Waals surface area (Å²) in [5.74, 6) is -2.32. The molecule has 1 aromatic heterocycles. The summed E-state index contributed by atoms with van der Waals surface area (Å²) < 4.78 is 33.6. The lowest BCUT2D eigenvalue weighted by Crippen LogP contribution is -2.46. The van der Waals surface area contributed by atoms with Crippen molar-refractivity contribution in [3.05, 3.63) is 65.1 Å². The number of nitrogens with one attached hydrogen (secondary N) is 1. The van der Waals surface area contributed by atoms with E-state index in [1.54, 1.807) is 17.0 Å². The second kappa shape index (κ2) is 9.79. The molecular weight excluding hydrogens is 444 g/mol. The Kier molecular flexibility index (Phi) is 6.81. The Balaban J connectivity index is 1.27. The highest BCUT2D eigenvalue weighted by Gasteiger charge is 2.43. The molecule has 34 heavy (non-hydrogen) atoms. The van der Waals surface area contributed by atoms with Crippen LogP contribution in [0.15, 0.2) is 41.0 Å². The summed E-state index contributed by atoms with van der Waals surface area (Å²) in [4.78, 5) is 40.5. The normalized spacial score (nSPS) is 17.5. The summed E-state index contributed by atoms with van der Waals surface area (Å²) in [5.41, 5.74) is -0.401. The van der Waals surface area contributed by atoms with Gasteiger partial charge < -0.3 is 19.5 Å². The molecule has 0 aliphatic carbocycles. The van der Waals surface area contributed by atoms with Crippen molar-refractivity contribution in [2.24, 2.45) is 5.41 Å². The summed E-state index contributed by atoms with van der Waals surface area (Å²) >= 11 is 0. The predicted octanol–water partition coefficient (Wildman–Crippen LogP) is 3.15. The quantitative estimate of drug-likeness (QED) is 0.680. The number of likely N-dealkylation sites (tertiary alicyclic amines) is 2. The maximum absolute atomic E-state index is 14.4. The highest BCUT2D eigenvalue weighted by atomic mass is 19.1. The van der Waals surface area contributed by atoms with Crippen LogP contribution in [0.5, 0.6) is 0 Å². The van der Waals surface area contributed by atoms with Gasteiger partial charge in [0.2, 0.25) is 11.8 Å². The highest BCUT2D eigenvalue weighted by Crippen LogP contribution is 2.40. The SMILES string of the molecule is Cc1ccc(F)c(C(=O)N2CCC3(CCN(C(=O)CNC(=O)/C=C\c4ccco4)C3)CC2)c1F. The number of aryl methyl sites for hydroxylation is 1. The molecule has 7 nitrogen and oxygen atoms in total. The highest BCUT2D eigenvalue weighted by molar-refractivity contribution is 5.95. The van der Waals surface area contributed by atoms with E-state index < -0.39 is 23.1 Å². The van der Waals surface area contributed by atoms with Gasteiger partial charge in [-0.1, -0.05) is 6.07 Å². The molecule has 0 unspecified atom stereocenters. The van der Waals surface area contributed by atoms with Gasteiger partial charge in [0.25, 0.3) is 5.91 Å². The fourth-order valence-electron chi connectivity index (χ4n) is 4.63. The molecule has 0 bridgehead atoms. The van der Waals surface area contributed by atoms with Crippen LogP contribution in [0.2, 0.25) is 0 Å². The number of hydrogen-bond donors (Lipinski definition) is 1. The first-order chi connectivity index (χ1) is 16.3. The molecule has 3 heterocycles. The van der Waals surface area contributed by atoms with Gasteiger partial charge in [-0.3, -0.25) is 14.4 Å². The van der Waals surface area contributed by atoms with Crippen LogP contribution >= 0.6 is 0 Å². The molecule has 0 saturated carbocycles. The first-order valence-electron chi connectivity index (χ1n) is 11.3. The van der Waals surface area contributed by atoms with Gasteiger partial charge in [-0.15, -0.1) is 0 Å². The Hall–Kier alpha value is -3.49. The zero-order chi connectivity index (χ0) is 24.3. The lowest BCUT2D eigenvalue weighted by Gasteiger charge is -2.39. The lowest BCUT2D eigenvalue weighted by atomic mass is 9.77. The fraction of sp³-hybridized carbons (Fsp3) is 0.400. The number of halogens is 2. The van der Waals surface area contributed by atoms with Crippen LogP contribution in [0.1, 0.15) is 40.9 Å². The van der Waals surface area contributed by atoms with Crippen LogP contribution in [0, 0.1) is 24.0 Å². The zero-order valence-electron chi connectivity index (χ0n) is 19.0. The topological polar surface area (TPSA) is 82.9 Å². The first-order valence-corrected chi connectivity index (χ1v) is 11.3. The van der Waals surface area contributed by atoms with Gasteiger partial charge in [-0.05, 0) is 61.4 Å². The Labute approximate surface area is 196 Å². The monoisotopic (exact) mass is 471 g/mol. The second-order valence-electron chi connectivity index (χ2n) is 8.98. The molecule has 2 aliphatic heterocycles. The Bertz CT molecular complexity index is 1110. The molecule has 0 atom stereocenters. The molecule has 4 rings (SSSR count). The van der Waals surface area contributed by atoms with Gasteiger partial charge in [-0.2, -0.15) is 0 Å². The van der Waals surface area contributed by atoms with Crippen LogP contribution in [-0.4, -0.2) is 60.2 Å². The standard InChI is InChI=1S/C25H27F2N3O4/c1-17-4-6-19(26)22(23(17)27)24(33)29-11-8-25(9-12-29)10-13-30(16-25)21(32)15-28-20(31)7-5-18-3-2-14-34-18/h2-7,14H,8-13,15-16H2,1H3,(H,28,31)/b7-5-. The summed E-state index contributed by atoms with van der Waals surface area (Å²) in [7, 11) is 0. The molecule has 0 radical (unpaired) electrons. The third kappa shape index (κ3) is 5.03. The van der Waals surface area contributed by atoms with Crippen molar-refractivity contribution >= 4 is 23.8 Å².